The van der Waals surface area contributed by atoms with Gasteiger partial charge in [0.15, 0.2) is 0 Å². The Balaban J connectivity index is 2.36. The summed E-state index contributed by atoms with van der Waals surface area (Å²) >= 11 is 1.84. The minimum absolute atomic E-state index is 0.0467. The second-order valence-electron chi connectivity index (χ2n) is 5.15. The molecule has 1 saturated heterocycles. The lowest BCUT2D eigenvalue weighted by atomic mass is 10.1. The van der Waals surface area contributed by atoms with Gasteiger partial charge in [0, 0.05) is 29.7 Å². The number of carbonyl (C=O) groups is 1. The zero-order valence-corrected chi connectivity index (χ0v) is 12.0. The van der Waals surface area contributed by atoms with E-state index < -0.39 is 16.6 Å². The monoisotopic (exact) mass is 297 g/mol. The lowest BCUT2D eigenvalue weighted by Crippen LogP contribution is -2.43. The molecule has 1 aromatic heterocycles. The van der Waals surface area contributed by atoms with E-state index >= 15 is 0 Å². The number of nitro groups is 1. The first kappa shape index (κ1) is 14.6. The van der Waals surface area contributed by atoms with Crippen molar-refractivity contribution in [3.8, 4) is 0 Å². The molecule has 1 aliphatic rings. The molecule has 0 saturated carbocycles. The second kappa shape index (κ2) is 5.28. The van der Waals surface area contributed by atoms with Gasteiger partial charge in [-0.2, -0.15) is 11.8 Å². The smallest absolute Gasteiger partial charge is 0.342 e. The number of hydrogen-bond donors (Lipinski definition) is 1. The van der Waals surface area contributed by atoms with Gasteiger partial charge >= 0.3 is 11.7 Å². The zero-order chi connectivity index (χ0) is 14.9. The molecule has 20 heavy (non-hydrogen) atoms. The van der Waals surface area contributed by atoms with Crippen molar-refractivity contribution >= 4 is 29.2 Å². The Bertz CT molecular complexity index is 562. The Morgan fingerprint density at radius 1 is 1.60 bits per heavy atom. The summed E-state index contributed by atoms with van der Waals surface area (Å²) < 4.78 is 0.0467. The van der Waals surface area contributed by atoms with Crippen LogP contribution >= 0.6 is 11.8 Å². The van der Waals surface area contributed by atoms with E-state index in [1.807, 2.05) is 16.7 Å². The fourth-order valence-electron chi connectivity index (χ4n) is 2.14. The number of thioether (sulfide) groups is 1. The first-order chi connectivity index (χ1) is 9.30. The van der Waals surface area contributed by atoms with Crippen molar-refractivity contribution in [3.63, 3.8) is 0 Å². The first-order valence-electron chi connectivity index (χ1n) is 6.07. The van der Waals surface area contributed by atoms with E-state index in [9.17, 15) is 14.9 Å². The van der Waals surface area contributed by atoms with Crippen molar-refractivity contribution in [3.05, 3.63) is 27.9 Å². The van der Waals surface area contributed by atoms with Gasteiger partial charge in [-0.25, -0.2) is 9.78 Å². The van der Waals surface area contributed by atoms with Gasteiger partial charge in [0.25, 0.3) is 0 Å². The number of carboxylic acid groups (broad SMARTS) is 1. The summed E-state index contributed by atoms with van der Waals surface area (Å²) in [4.78, 5) is 27.2. The zero-order valence-electron chi connectivity index (χ0n) is 11.2. The van der Waals surface area contributed by atoms with Crippen LogP contribution in [0.15, 0.2) is 12.3 Å². The third-order valence-corrected chi connectivity index (χ3v) is 4.34. The number of rotatable bonds is 3. The molecule has 0 bridgehead atoms. The highest BCUT2D eigenvalue weighted by Gasteiger charge is 2.29. The first-order valence-corrected chi connectivity index (χ1v) is 7.05. The molecule has 0 aliphatic carbocycles. The summed E-state index contributed by atoms with van der Waals surface area (Å²) in [6.07, 6.45) is 1.02. The molecule has 0 aromatic carbocycles. The maximum Gasteiger partial charge on any atom is 0.342 e. The van der Waals surface area contributed by atoms with Crippen molar-refractivity contribution in [1.29, 1.82) is 0 Å². The molecular weight excluding hydrogens is 282 g/mol. The minimum atomic E-state index is -1.31. The third-order valence-electron chi connectivity index (χ3n) is 3.05. The van der Waals surface area contributed by atoms with Crippen LogP contribution in [0.5, 0.6) is 0 Å². The summed E-state index contributed by atoms with van der Waals surface area (Å²) in [5.74, 6) is 0.0704. The Morgan fingerprint density at radius 3 is 2.85 bits per heavy atom. The molecule has 2 rings (SSSR count). The van der Waals surface area contributed by atoms with E-state index in [-0.39, 0.29) is 10.3 Å². The molecule has 2 heterocycles. The highest BCUT2D eigenvalue weighted by atomic mass is 32.2. The highest BCUT2D eigenvalue weighted by molar-refractivity contribution is 8.00. The Labute approximate surface area is 120 Å². The molecule has 0 amide bonds. The van der Waals surface area contributed by atoms with Crippen molar-refractivity contribution in [2.24, 2.45) is 0 Å². The van der Waals surface area contributed by atoms with Crippen LogP contribution in [0.1, 0.15) is 24.2 Å². The van der Waals surface area contributed by atoms with E-state index in [0.29, 0.717) is 5.82 Å². The van der Waals surface area contributed by atoms with Crippen LogP contribution in [0.4, 0.5) is 11.5 Å². The average Bonchev–Trinajstić information content (AvgIpc) is 2.36. The molecule has 0 atom stereocenters. The van der Waals surface area contributed by atoms with E-state index in [2.05, 4.69) is 18.8 Å². The number of carboxylic acids is 1. The van der Waals surface area contributed by atoms with Gasteiger partial charge in [-0.1, -0.05) is 0 Å². The van der Waals surface area contributed by atoms with Gasteiger partial charge in [-0.15, -0.1) is 0 Å². The number of anilines is 1. The highest BCUT2D eigenvalue weighted by Crippen LogP contribution is 2.32. The Morgan fingerprint density at radius 2 is 2.30 bits per heavy atom. The van der Waals surface area contributed by atoms with E-state index in [1.165, 1.54) is 6.07 Å². The second-order valence-corrected chi connectivity index (χ2v) is 6.95. The fourth-order valence-corrected chi connectivity index (χ4v) is 3.25. The largest absolute Gasteiger partial charge is 0.477 e. The molecule has 0 unspecified atom stereocenters. The van der Waals surface area contributed by atoms with Crippen molar-refractivity contribution < 1.29 is 14.8 Å². The molecule has 0 spiro atoms. The van der Waals surface area contributed by atoms with Crippen LogP contribution in [0, 0.1) is 10.1 Å². The number of pyridine rings is 1. The van der Waals surface area contributed by atoms with Crippen LogP contribution in [-0.4, -0.2) is 44.6 Å². The van der Waals surface area contributed by atoms with Crippen LogP contribution in [-0.2, 0) is 0 Å². The maximum absolute atomic E-state index is 11.1. The standard InChI is InChI=1S/C12H15N3O4S/c1-12(2)7-14(3-4-20-12)10-5-8(11(16)17)9(6-13-10)15(18)19/h5-6H,3-4,7H2,1-2H3,(H,16,17). The van der Waals surface area contributed by atoms with Crippen LogP contribution in [0.3, 0.4) is 0 Å². The Kier molecular flexibility index (Phi) is 3.85. The van der Waals surface area contributed by atoms with Crippen LogP contribution in [0.25, 0.3) is 0 Å². The number of aromatic nitrogens is 1. The molecule has 8 heteroatoms. The summed E-state index contributed by atoms with van der Waals surface area (Å²) in [5.41, 5.74) is -0.803. The molecule has 7 nitrogen and oxygen atoms in total. The van der Waals surface area contributed by atoms with Crippen molar-refractivity contribution in [1.82, 2.24) is 4.98 Å². The van der Waals surface area contributed by atoms with Crippen molar-refractivity contribution in [2.45, 2.75) is 18.6 Å². The lowest BCUT2D eigenvalue weighted by molar-refractivity contribution is -0.385. The van der Waals surface area contributed by atoms with Crippen molar-refractivity contribution in [2.75, 3.05) is 23.7 Å². The summed E-state index contributed by atoms with van der Waals surface area (Å²) in [5, 5.41) is 19.9. The van der Waals surface area contributed by atoms with Crippen LogP contribution < -0.4 is 4.90 Å². The number of aromatic carboxylic acids is 1. The maximum atomic E-state index is 11.1. The topological polar surface area (TPSA) is 96.6 Å². The normalized spacial score (nSPS) is 17.8. The number of hydrogen-bond acceptors (Lipinski definition) is 6. The summed E-state index contributed by atoms with van der Waals surface area (Å²) in [6.45, 7) is 5.68. The molecule has 1 aromatic rings. The third kappa shape index (κ3) is 3.01. The van der Waals surface area contributed by atoms with Crippen LogP contribution in [0.2, 0.25) is 0 Å². The SMILES string of the molecule is CC1(C)CN(c2cc(C(=O)O)c([N+](=O)[O-])cn2)CCS1. The van der Waals surface area contributed by atoms with E-state index in [0.717, 1.165) is 25.0 Å². The van der Waals surface area contributed by atoms with E-state index in [1.54, 1.807) is 0 Å². The average molecular weight is 297 g/mol. The van der Waals surface area contributed by atoms with Gasteiger partial charge < -0.3 is 10.0 Å². The lowest BCUT2D eigenvalue weighted by Gasteiger charge is -2.38. The quantitative estimate of drug-likeness (QED) is 0.673. The van der Waals surface area contributed by atoms with E-state index in [4.69, 9.17) is 5.11 Å². The number of nitrogens with zero attached hydrogens (tertiary/aromatic N) is 3. The summed E-state index contributed by atoms with van der Waals surface area (Å²) in [6, 6.07) is 1.28. The van der Waals surface area contributed by atoms with Gasteiger partial charge in [-0.3, -0.25) is 10.1 Å². The molecule has 1 fully saturated rings. The van der Waals surface area contributed by atoms with Gasteiger partial charge in [0.05, 0.1) is 4.92 Å². The fraction of sp³-hybridized carbons (Fsp3) is 0.500. The Hall–Kier alpha value is -1.83. The minimum Gasteiger partial charge on any atom is -0.477 e. The van der Waals surface area contributed by atoms with Gasteiger partial charge in [0.2, 0.25) is 0 Å². The molecule has 1 N–H and O–H groups in total. The summed E-state index contributed by atoms with van der Waals surface area (Å²) in [7, 11) is 0. The predicted octanol–water partition coefficient (Wildman–Crippen LogP) is 2.02. The molecule has 0 radical (unpaired) electrons. The molecule has 1 aliphatic heterocycles. The van der Waals surface area contributed by atoms with Gasteiger partial charge in [0.1, 0.15) is 17.6 Å². The molecular formula is C12H15N3O4S. The molecule has 108 valence electrons. The predicted molar refractivity (Wildman–Crippen MR) is 76.6 cm³/mol. The van der Waals surface area contributed by atoms with Gasteiger partial charge in [-0.05, 0) is 13.8 Å².